The van der Waals surface area contributed by atoms with Crippen LogP contribution in [0.1, 0.15) is 16.7 Å². The van der Waals surface area contributed by atoms with Crippen molar-refractivity contribution >= 4 is 23.2 Å². The third-order valence-electron chi connectivity index (χ3n) is 2.90. The quantitative estimate of drug-likeness (QED) is 0.858. The third-order valence-corrected chi connectivity index (χ3v) is 3.76. The van der Waals surface area contributed by atoms with Crippen molar-refractivity contribution in [3.63, 3.8) is 0 Å². The zero-order valence-corrected chi connectivity index (χ0v) is 13.0. The van der Waals surface area contributed by atoms with E-state index in [2.05, 4.69) is 11.8 Å². The fourth-order valence-corrected chi connectivity index (χ4v) is 2.22. The molecule has 0 spiro atoms. The highest BCUT2D eigenvalue weighted by atomic mass is 35.5. The number of benzene rings is 2. The minimum absolute atomic E-state index is 0.148. The van der Waals surface area contributed by atoms with Crippen LogP contribution in [0, 0.1) is 18.8 Å². The minimum Gasteiger partial charge on any atom is -0.489 e. The molecule has 0 unspecified atom stereocenters. The summed E-state index contributed by atoms with van der Waals surface area (Å²) in [6, 6.07) is 11.1. The van der Waals surface area contributed by atoms with Gasteiger partial charge in [-0.25, -0.2) is 0 Å². The maximum absolute atomic E-state index is 8.69. The van der Waals surface area contributed by atoms with Gasteiger partial charge in [0.15, 0.2) is 0 Å². The topological polar surface area (TPSA) is 29.5 Å². The van der Waals surface area contributed by atoms with E-state index in [-0.39, 0.29) is 6.61 Å². The Hall–Kier alpha value is -1.66. The summed E-state index contributed by atoms with van der Waals surface area (Å²) in [6.45, 7) is 2.14. The van der Waals surface area contributed by atoms with Crippen LogP contribution in [0.3, 0.4) is 0 Å². The van der Waals surface area contributed by atoms with Crippen molar-refractivity contribution in [3.8, 4) is 17.6 Å². The van der Waals surface area contributed by atoms with E-state index in [1.807, 2.05) is 37.3 Å². The van der Waals surface area contributed by atoms with Crippen LogP contribution in [0.5, 0.6) is 5.75 Å². The molecule has 0 aliphatic carbocycles. The fourth-order valence-electron chi connectivity index (χ4n) is 1.85. The van der Waals surface area contributed by atoms with Crippen LogP contribution in [-0.4, -0.2) is 11.7 Å². The molecule has 0 radical (unpaired) electrons. The number of hydrogen-bond donors (Lipinski definition) is 1. The maximum Gasteiger partial charge on any atom is 0.122 e. The normalized spacial score (nSPS) is 9.90. The average Bonchev–Trinajstić information content (AvgIpc) is 2.48. The summed E-state index contributed by atoms with van der Waals surface area (Å²) in [7, 11) is 0. The van der Waals surface area contributed by atoms with Crippen molar-refractivity contribution in [1.29, 1.82) is 0 Å². The summed E-state index contributed by atoms with van der Waals surface area (Å²) in [5.41, 5.74) is 2.65. The van der Waals surface area contributed by atoms with Crippen LogP contribution in [-0.2, 0) is 6.61 Å². The molecule has 0 amide bonds. The number of hydrogen-bond acceptors (Lipinski definition) is 2. The van der Waals surface area contributed by atoms with Gasteiger partial charge in [-0.15, -0.1) is 0 Å². The Bertz CT molecular complexity index is 700. The molecular formula is C17H14Cl2O2. The molecule has 0 atom stereocenters. The Morgan fingerprint density at radius 1 is 1.19 bits per heavy atom. The molecule has 4 heteroatoms. The van der Waals surface area contributed by atoms with E-state index in [1.165, 1.54) is 0 Å². The molecule has 108 valence electrons. The lowest BCUT2D eigenvalue weighted by Crippen LogP contribution is -1.98. The predicted molar refractivity (Wildman–Crippen MR) is 85.9 cm³/mol. The summed E-state index contributed by atoms with van der Waals surface area (Å²) < 4.78 is 5.78. The Morgan fingerprint density at radius 3 is 2.71 bits per heavy atom. The van der Waals surface area contributed by atoms with Gasteiger partial charge >= 0.3 is 0 Å². The Morgan fingerprint density at radius 2 is 2.00 bits per heavy atom. The lowest BCUT2D eigenvalue weighted by Gasteiger charge is -2.11. The molecule has 2 nitrogen and oxygen atoms in total. The van der Waals surface area contributed by atoms with Gasteiger partial charge in [-0.3, -0.25) is 0 Å². The largest absolute Gasteiger partial charge is 0.489 e. The highest BCUT2D eigenvalue weighted by Crippen LogP contribution is 2.27. The van der Waals surface area contributed by atoms with E-state index in [1.54, 1.807) is 6.07 Å². The number of rotatable bonds is 3. The predicted octanol–water partition coefficient (Wildman–Crippen LogP) is 4.22. The second-order valence-electron chi connectivity index (χ2n) is 4.44. The molecule has 0 bridgehead atoms. The van der Waals surface area contributed by atoms with Gasteiger partial charge in [-0.1, -0.05) is 47.2 Å². The SMILES string of the molecule is Cc1cc(C#CCO)ccc1OCc1cccc(Cl)c1Cl. The number of halogens is 2. The van der Waals surface area contributed by atoms with Gasteiger partial charge in [-0.2, -0.15) is 0 Å². The van der Waals surface area contributed by atoms with Gasteiger partial charge in [0.2, 0.25) is 0 Å². The van der Waals surface area contributed by atoms with Crippen LogP contribution in [0.15, 0.2) is 36.4 Å². The smallest absolute Gasteiger partial charge is 0.122 e. The number of aryl methyl sites for hydroxylation is 1. The zero-order valence-electron chi connectivity index (χ0n) is 11.5. The van der Waals surface area contributed by atoms with E-state index in [9.17, 15) is 0 Å². The van der Waals surface area contributed by atoms with E-state index in [4.69, 9.17) is 33.0 Å². The first-order chi connectivity index (χ1) is 10.1. The van der Waals surface area contributed by atoms with Crippen molar-refractivity contribution in [1.82, 2.24) is 0 Å². The van der Waals surface area contributed by atoms with Gasteiger partial charge < -0.3 is 9.84 Å². The number of aliphatic hydroxyl groups is 1. The molecule has 21 heavy (non-hydrogen) atoms. The molecule has 2 rings (SSSR count). The molecule has 0 fully saturated rings. The second kappa shape index (κ2) is 7.38. The molecule has 0 aromatic heterocycles. The number of aliphatic hydroxyl groups excluding tert-OH is 1. The van der Waals surface area contributed by atoms with Crippen molar-refractivity contribution in [2.75, 3.05) is 6.61 Å². The fraction of sp³-hybridized carbons (Fsp3) is 0.176. The Balaban J connectivity index is 2.12. The summed E-state index contributed by atoms with van der Waals surface area (Å²) in [4.78, 5) is 0. The lowest BCUT2D eigenvalue weighted by atomic mass is 10.1. The first kappa shape index (κ1) is 15.7. The summed E-state index contributed by atoms with van der Waals surface area (Å²) in [5.74, 6) is 6.24. The van der Waals surface area contributed by atoms with Crippen LogP contribution in [0.2, 0.25) is 10.0 Å². The first-order valence-corrected chi connectivity index (χ1v) is 7.13. The average molecular weight is 321 g/mol. The molecule has 0 saturated carbocycles. The van der Waals surface area contributed by atoms with Crippen LogP contribution < -0.4 is 4.74 Å². The minimum atomic E-state index is -0.148. The van der Waals surface area contributed by atoms with Crippen molar-refractivity contribution in [2.45, 2.75) is 13.5 Å². The molecule has 0 saturated heterocycles. The van der Waals surface area contributed by atoms with Crippen molar-refractivity contribution < 1.29 is 9.84 Å². The summed E-state index contributed by atoms with van der Waals surface area (Å²) in [6.07, 6.45) is 0. The van der Waals surface area contributed by atoms with Crippen LogP contribution in [0.25, 0.3) is 0 Å². The van der Waals surface area contributed by atoms with E-state index in [0.29, 0.717) is 16.7 Å². The van der Waals surface area contributed by atoms with Gasteiger partial charge in [0.05, 0.1) is 10.0 Å². The Kier molecular flexibility index (Phi) is 5.52. The van der Waals surface area contributed by atoms with Crippen LogP contribution in [0.4, 0.5) is 0 Å². The third kappa shape index (κ3) is 4.15. The molecule has 0 heterocycles. The van der Waals surface area contributed by atoms with Gasteiger partial charge in [-0.05, 0) is 36.8 Å². The van der Waals surface area contributed by atoms with E-state index in [0.717, 1.165) is 22.4 Å². The van der Waals surface area contributed by atoms with Crippen LogP contribution >= 0.6 is 23.2 Å². The highest BCUT2D eigenvalue weighted by Gasteiger charge is 2.06. The monoisotopic (exact) mass is 320 g/mol. The van der Waals surface area contributed by atoms with Gasteiger partial charge in [0, 0.05) is 11.1 Å². The summed E-state index contributed by atoms with van der Waals surface area (Å²) in [5, 5.41) is 9.72. The highest BCUT2D eigenvalue weighted by molar-refractivity contribution is 6.42. The molecule has 0 aliphatic rings. The van der Waals surface area contributed by atoms with Gasteiger partial charge in [0.25, 0.3) is 0 Å². The first-order valence-electron chi connectivity index (χ1n) is 6.38. The maximum atomic E-state index is 8.69. The van der Waals surface area contributed by atoms with Crippen molar-refractivity contribution in [3.05, 3.63) is 63.1 Å². The molecule has 1 N–H and O–H groups in total. The number of ether oxygens (including phenoxy) is 1. The summed E-state index contributed by atoms with van der Waals surface area (Å²) >= 11 is 12.1. The molecular weight excluding hydrogens is 307 g/mol. The van der Waals surface area contributed by atoms with Crippen molar-refractivity contribution in [2.24, 2.45) is 0 Å². The molecule has 2 aromatic rings. The van der Waals surface area contributed by atoms with Gasteiger partial charge in [0.1, 0.15) is 19.0 Å². The molecule has 0 aliphatic heterocycles. The second-order valence-corrected chi connectivity index (χ2v) is 5.23. The molecule has 2 aromatic carbocycles. The van der Waals surface area contributed by atoms with E-state index < -0.39 is 0 Å². The zero-order chi connectivity index (χ0) is 15.2. The lowest BCUT2D eigenvalue weighted by molar-refractivity contribution is 0.304. The standard InChI is InChI=1S/C17H14Cl2O2/c1-12-10-13(4-3-9-20)7-8-16(12)21-11-14-5-2-6-15(18)17(14)19/h2,5-8,10,20H,9,11H2,1H3. The Labute approximate surface area is 134 Å². The van der Waals surface area contributed by atoms with E-state index >= 15 is 0 Å².